The van der Waals surface area contributed by atoms with Gasteiger partial charge < -0.3 is 9.80 Å². The highest BCUT2D eigenvalue weighted by Gasteiger charge is 2.25. The summed E-state index contributed by atoms with van der Waals surface area (Å²) >= 11 is 0. The Bertz CT molecular complexity index is 1130. The van der Waals surface area contributed by atoms with E-state index in [0.717, 1.165) is 48.0 Å². The monoisotopic (exact) mass is 428 g/mol. The van der Waals surface area contributed by atoms with E-state index in [-0.39, 0.29) is 5.91 Å². The van der Waals surface area contributed by atoms with Gasteiger partial charge in [-0.25, -0.2) is 9.97 Å². The molecule has 1 aliphatic rings. The van der Waals surface area contributed by atoms with E-state index in [1.807, 2.05) is 43.0 Å². The molecule has 0 N–H and O–H groups in total. The van der Waals surface area contributed by atoms with Crippen molar-refractivity contribution in [1.29, 1.82) is 0 Å². The van der Waals surface area contributed by atoms with Crippen molar-refractivity contribution in [2.24, 2.45) is 0 Å². The summed E-state index contributed by atoms with van der Waals surface area (Å²) in [5.74, 6) is 1.91. The highest BCUT2D eigenvalue weighted by Crippen LogP contribution is 2.27. The van der Waals surface area contributed by atoms with Crippen LogP contribution in [0.25, 0.3) is 0 Å². The predicted octanol–water partition coefficient (Wildman–Crippen LogP) is 4.57. The number of aromatic nitrogens is 2. The molecule has 1 aliphatic heterocycles. The van der Waals surface area contributed by atoms with Crippen LogP contribution in [0.1, 0.15) is 49.7 Å². The van der Waals surface area contributed by atoms with Crippen molar-refractivity contribution < 1.29 is 4.79 Å². The second-order valence-corrected chi connectivity index (χ2v) is 8.91. The average molecular weight is 429 g/mol. The van der Waals surface area contributed by atoms with E-state index in [1.165, 1.54) is 22.3 Å². The van der Waals surface area contributed by atoms with E-state index in [9.17, 15) is 4.79 Å². The minimum atomic E-state index is 0.107. The lowest BCUT2D eigenvalue weighted by molar-refractivity contribution is 0.0746. The third kappa shape index (κ3) is 4.67. The number of carbonyl (C=O) groups is 1. The quantitative estimate of drug-likeness (QED) is 0.611. The molecule has 5 nitrogen and oxygen atoms in total. The van der Waals surface area contributed by atoms with Gasteiger partial charge in [0, 0.05) is 49.4 Å². The summed E-state index contributed by atoms with van der Waals surface area (Å²) in [5.41, 5.74) is 8.01. The Morgan fingerprint density at radius 3 is 2.19 bits per heavy atom. The maximum Gasteiger partial charge on any atom is 0.253 e. The first-order chi connectivity index (χ1) is 15.3. The van der Waals surface area contributed by atoms with E-state index in [0.29, 0.717) is 13.1 Å². The normalized spacial score (nSPS) is 14.0. The minimum Gasteiger partial charge on any atom is -0.353 e. The lowest BCUT2D eigenvalue weighted by Crippen LogP contribution is -2.49. The Kier molecular flexibility index (Phi) is 6.26. The van der Waals surface area contributed by atoms with Crippen molar-refractivity contribution >= 4 is 11.7 Å². The van der Waals surface area contributed by atoms with Gasteiger partial charge in [0.2, 0.25) is 0 Å². The Hall–Kier alpha value is -3.21. The van der Waals surface area contributed by atoms with Crippen LogP contribution in [0, 0.1) is 34.6 Å². The fourth-order valence-corrected chi connectivity index (χ4v) is 4.37. The van der Waals surface area contributed by atoms with Crippen LogP contribution >= 0.6 is 0 Å². The molecule has 3 aromatic rings. The van der Waals surface area contributed by atoms with E-state index in [2.05, 4.69) is 48.9 Å². The second-order valence-electron chi connectivity index (χ2n) is 8.91. The summed E-state index contributed by atoms with van der Waals surface area (Å²) in [6, 6.07) is 14.4. The average Bonchev–Trinajstić information content (AvgIpc) is 2.78. The van der Waals surface area contributed by atoms with Gasteiger partial charge in [-0.05, 0) is 57.9 Å². The molecular formula is C27H32N4O. The van der Waals surface area contributed by atoms with Gasteiger partial charge in [0.1, 0.15) is 11.6 Å². The number of hydrogen-bond donors (Lipinski definition) is 0. The summed E-state index contributed by atoms with van der Waals surface area (Å²) < 4.78 is 0. The van der Waals surface area contributed by atoms with Gasteiger partial charge in [-0.1, -0.05) is 41.5 Å². The molecule has 0 atom stereocenters. The summed E-state index contributed by atoms with van der Waals surface area (Å²) in [5, 5.41) is 0. The molecule has 5 heteroatoms. The molecular weight excluding hydrogens is 396 g/mol. The Morgan fingerprint density at radius 2 is 1.50 bits per heavy atom. The fourth-order valence-electron chi connectivity index (χ4n) is 4.37. The van der Waals surface area contributed by atoms with Crippen molar-refractivity contribution in [3.63, 3.8) is 0 Å². The maximum atomic E-state index is 12.9. The molecule has 2 aromatic carbocycles. The van der Waals surface area contributed by atoms with Crippen LogP contribution in [0.3, 0.4) is 0 Å². The molecule has 1 amide bonds. The number of hydrogen-bond acceptors (Lipinski definition) is 4. The third-order valence-electron chi connectivity index (χ3n) is 6.34. The van der Waals surface area contributed by atoms with Gasteiger partial charge in [-0.15, -0.1) is 0 Å². The van der Waals surface area contributed by atoms with E-state index in [4.69, 9.17) is 4.98 Å². The number of amides is 1. The van der Waals surface area contributed by atoms with Crippen LogP contribution in [0.5, 0.6) is 0 Å². The molecule has 0 aliphatic carbocycles. The van der Waals surface area contributed by atoms with Gasteiger partial charge >= 0.3 is 0 Å². The molecule has 1 fully saturated rings. The largest absolute Gasteiger partial charge is 0.353 e. The molecule has 0 spiro atoms. The molecule has 2 heterocycles. The number of carbonyl (C=O) groups excluding carboxylic acids is 1. The Labute approximate surface area is 191 Å². The zero-order valence-electron chi connectivity index (χ0n) is 19.8. The lowest BCUT2D eigenvalue weighted by Gasteiger charge is -2.36. The first kappa shape index (κ1) is 22.0. The topological polar surface area (TPSA) is 49.3 Å². The van der Waals surface area contributed by atoms with Crippen LogP contribution in [0.2, 0.25) is 0 Å². The molecule has 4 rings (SSSR count). The highest BCUT2D eigenvalue weighted by molar-refractivity contribution is 5.94. The summed E-state index contributed by atoms with van der Waals surface area (Å²) in [7, 11) is 0. The lowest BCUT2D eigenvalue weighted by atomic mass is 9.97. The van der Waals surface area contributed by atoms with E-state index >= 15 is 0 Å². The number of aryl methyl sites for hydroxylation is 5. The maximum absolute atomic E-state index is 12.9. The fraction of sp³-hybridized carbons (Fsp3) is 0.370. The van der Waals surface area contributed by atoms with Crippen molar-refractivity contribution in [1.82, 2.24) is 14.9 Å². The smallest absolute Gasteiger partial charge is 0.253 e. The van der Waals surface area contributed by atoms with Crippen molar-refractivity contribution in [3.8, 4) is 0 Å². The third-order valence-corrected chi connectivity index (χ3v) is 6.34. The molecule has 166 valence electrons. The van der Waals surface area contributed by atoms with E-state index < -0.39 is 0 Å². The molecule has 32 heavy (non-hydrogen) atoms. The highest BCUT2D eigenvalue weighted by atomic mass is 16.2. The molecule has 0 radical (unpaired) electrons. The summed E-state index contributed by atoms with van der Waals surface area (Å²) in [6.07, 6.45) is 0.817. The van der Waals surface area contributed by atoms with Gasteiger partial charge in [-0.2, -0.15) is 0 Å². The predicted molar refractivity (Wildman–Crippen MR) is 130 cm³/mol. The summed E-state index contributed by atoms with van der Waals surface area (Å²) in [6.45, 7) is 13.3. The minimum absolute atomic E-state index is 0.107. The van der Waals surface area contributed by atoms with Gasteiger partial charge in [0.05, 0.1) is 0 Å². The molecule has 1 saturated heterocycles. The van der Waals surface area contributed by atoms with Crippen LogP contribution < -0.4 is 4.90 Å². The molecule has 0 bridgehead atoms. The molecule has 0 unspecified atom stereocenters. The first-order valence-corrected chi connectivity index (χ1v) is 11.3. The zero-order chi connectivity index (χ0) is 22.8. The number of piperazine rings is 1. The number of anilines is 1. The van der Waals surface area contributed by atoms with Crippen LogP contribution in [-0.2, 0) is 6.42 Å². The Morgan fingerprint density at radius 1 is 0.844 bits per heavy atom. The Balaban J connectivity index is 1.55. The van der Waals surface area contributed by atoms with Crippen molar-refractivity contribution in [2.75, 3.05) is 31.1 Å². The zero-order valence-corrected chi connectivity index (χ0v) is 19.8. The van der Waals surface area contributed by atoms with Crippen LogP contribution in [0.4, 0.5) is 5.82 Å². The standard InChI is InChI=1S/C27H32N4O/c1-18-7-10-23(11-8-18)27(32)31-14-12-30(13-15-31)26-25(21(4)28-22(5)29-26)17-24-16-19(2)6-9-20(24)3/h6-11,16H,12-15,17H2,1-5H3. The molecule has 0 saturated carbocycles. The van der Waals surface area contributed by atoms with E-state index in [1.54, 1.807) is 0 Å². The van der Waals surface area contributed by atoms with Crippen molar-refractivity contribution in [2.45, 2.75) is 41.0 Å². The number of benzene rings is 2. The van der Waals surface area contributed by atoms with Crippen LogP contribution in [0.15, 0.2) is 42.5 Å². The molecule has 1 aromatic heterocycles. The SMILES string of the molecule is Cc1ccc(C(=O)N2CCN(c3nc(C)nc(C)c3Cc3cc(C)ccc3C)CC2)cc1. The van der Waals surface area contributed by atoms with Gasteiger partial charge in [0.25, 0.3) is 5.91 Å². The van der Waals surface area contributed by atoms with Gasteiger partial charge in [0.15, 0.2) is 0 Å². The van der Waals surface area contributed by atoms with Crippen molar-refractivity contribution in [3.05, 3.63) is 87.4 Å². The first-order valence-electron chi connectivity index (χ1n) is 11.3. The van der Waals surface area contributed by atoms with Gasteiger partial charge in [-0.3, -0.25) is 4.79 Å². The second kappa shape index (κ2) is 9.11. The van der Waals surface area contributed by atoms with Crippen LogP contribution in [-0.4, -0.2) is 47.0 Å². The number of nitrogens with zero attached hydrogens (tertiary/aromatic N) is 4. The summed E-state index contributed by atoms with van der Waals surface area (Å²) in [4.78, 5) is 26.7. The number of rotatable bonds is 4.